The summed E-state index contributed by atoms with van der Waals surface area (Å²) in [6, 6.07) is 6.47. The average molecular weight is 303 g/mol. The smallest absolute Gasteiger partial charge is 0.145 e. The average Bonchev–Trinajstić information content (AvgIpc) is 2.98. The van der Waals surface area contributed by atoms with Crippen molar-refractivity contribution in [3.8, 4) is 0 Å². The SMILES string of the molecule is Cc1cc(C)cc(COC/C(=C/CCC2CCCC2)ON)c1. The van der Waals surface area contributed by atoms with Gasteiger partial charge in [-0.2, -0.15) is 5.90 Å². The van der Waals surface area contributed by atoms with Crippen LogP contribution in [0.15, 0.2) is 30.0 Å². The van der Waals surface area contributed by atoms with Crippen molar-refractivity contribution in [3.05, 3.63) is 46.7 Å². The molecule has 1 aromatic rings. The summed E-state index contributed by atoms with van der Waals surface area (Å²) in [6.45, 7) is 5.24. The monoisotopic (exact) mass is 303 g/mol. The Morgan fingerprint density at radius 3 is 2.50 bits per heavy atom. The van der Waals surface area contributed by atoms with Crippen LogP contribution in [0.5, 0.6) is 0 Å². The van der Waals surface area contributed by atoms with E-state index in [0.29, 0.717) is 13.2 Å². The summed E-state index contributed by atoms with van der Waals surface area (Å²) >= 11 is 0. The second-order valence-corrected chi connectivity index (χ2v) is 6.50. The Balaban J connectivity index is 1.72. The molecule has 0 spiro atoms. The Morgan fingerprint density at radius 1 is 1.18 bits per heavy atom. The number of nitrogens with two attached hydrogens (primary N) is 1. The Bertz CT molecular complexity index is 470. The van der Waals surface area contributed by atoms with Crippen LogP contribution < -0.4 is 5.90 Å². The maximum absolute atomic E-state index is 5.73. The van der Waals surface area contributed by atoms with Gasteiger partial charge in [-0.25, -0.2) is 0 Å². The van der Waals surface area contributed by atoms with E-state index < -0.39 is 0 Å². The zero-order valence-electron chi connectivity index (χ0n) is 13.9. The Kier molecular flexibility index (Phi) is 6.94. The number of aryl methyl sites for hydroxylation is 2. The molecule has 1 aromatic carbocycles. The molecule has 1 aliphatic carbocycles. The van der Waals surface area contributed by atoms with Crippen LogP contribution in [0.1, 0.15) is 55.2 Å². The van der Waals surface area contributed by atoms with E-state index in [1.807, 2.05) is 0 Å². The first-order valence-corrected chi connectivity index (χ1v) is 8.38. The molecule has 0 radical (unpaired) electrons. The summed E-state index contributed by atoms with van der Waals surface area (Å²) in [5.74, 6) is 6.98. The predicted octanol–water partition coefficient (Wildman–Crippen LogP) is 4.56. The van der Waals surface area contributed by atoms with E-state index in [4.69, 9.17) is 15.5 Å². The van der Waals surface area contributed by atoms with Gasteiger partial charge in [-0.15, -0.1) is 0 Å². The van der Waals surface area contributed by atoms with Crippen LogP contribution in [0, 0.1) is 19.8 Å². The molecule has 3 nitrogen and oxygen atoms in total. The van der Waals surface area contributed by atoms with Crippen molar-refractivity contribution in [2.75, 3.05) is 6.61 Å². The van der Waals surface area contributed by atoms with E-state index in [9.17, 15) is 0 Å². The van der Waals surface area contributed by atoms with Gasteiger partial charge in [0.2, 0.25) is 0 Å². The quantitative estimate of drug-likeness (QED) is 0.565. The number of ether oxygens (including phenoxy) is 1. The molecule has 0 aliphatic heterocycles. The van der Waals surface area contributed by atoms with E-state index in [2.05, 4.69) is 38.1 Å². The third-order valence-electron chi connectivity index (χ3n) is 4.37. The molecule has 2 N–H and O–H groups in total. The lowest BCUT2D eigenvalue weighted by atomic mass is 10.0. The fourth-order valence-corrected chi connectivity index (χ4v) is 3.34. The molecule has 0 heterocycles. The molecular weight excluding hydrogens is 274 g/mol. The van der Waals surface area contributed by atoms with E-state index in [-0.39, 0.29) is 0 Å². The third kappa shape index (κ3) is 5.82. The minimum absolute atomic E-state index is 0.439. The third-order valence-corrected chi connectivity index (χ3v) is 4.37. The second-order valence-electron chi connectivity index (χ2n) is 6.50. The van der Waals surface area contributed by atoms with Crippen LogP contribution >= 0.6 is 0 Å². The minimum Gasteiger partial charge on any atom is -0.414 e. The molecule has 0 bridgehead atoms. The number of rotatable bonds is 8. The zero-order chi connectivity index (χ0) is 15.8. The van der Waals surface area contributed by atoms with Gasteiger partial charge in [0.05, 0.1) is 6.61 Å². The molecule has 3 heteroatoms. The molecule has 0 unspecified atom stereocenters. The number of hydrogen-bond donors (Lipinski definition) is 1. The minimum atomic E-state index is 0.439. The first-order valence-electron chi connectivity index (χ1n) is 8.38. The largest absolute Gasteiger partial charge is 0.414 e. The van der Waals surface area contributed by atoms with Gasteiger partial charge in [-0.1, -0.05) is 55.0 Å². The molecule has 0 aromatic heterocycles. The molecular formula is C19H29NO2. The van der Waals surface area contributed by atoms with E-state index in [1.165, 1.54) is 48.8 Å². The van der Waals surface area contributed by atoms with Gasteiger partial charge in [0.15, 0.2) is 0 Å². The Hall–Kier alpha value is -1.32. The first kappa shape index (κ1) is 17.0. The van der Waals surface area contributed by atoms with Crippen molar-refractivity contribution >= 4 is 0 Å². The highest BCUT2D eigenvalue weighted by atomic mass is 16.6. The van der Waals surface area contributed by atoms with Gasteiger partial charge in [-0.05, 0) is 44.2 Å². The molecule has 22 heavy (non-hydrogen) atoms. The zero-order valence-corrected chi connectivity index (χ0v) is 13.9. The normalized spacial score (nSPS) is 16.2. The predicted molar refractivity (Wildman–Crippen MR) is 90.1 cm³/mol. The molecule has 1 aliphatic rings. The summed E-state index contributed by atoms with van der Waals surface area (Å²) in [4.78, 5) is 4.94. The maximum atomic E-state index is 5.73. The summed E-state index contributed by atoms with van der Waals surface area (Å²) in [5, 5.41) is 0. The van der Waals surface area contributed by atoms with Gasteiger partial charge in [0, 0.05) is 0 Å². The van der Waals surface area contributed by atoms with Crippen LogP contribution in [0.2, 0.25) is 0 Å². The lowest BCUT2D eigenvalue weighted by Gasteiger charge is -2.10. The summed E-state index contributed by atoms with van der Waals surface area (Å²) < 4.78 is 5.73. The van der Waals surface area contributed by atoms with Crippen LogP contribution in [-0.4, -0.2) is 6.61 Å². The van der Waals surface area contributed by atoms with Crippen molar-refractivity contribution in [1.29, 1.82) is 0 Å². The maximum Gasteiger partial charge on any atom is 0.145 e. The Morgan fingerprint density at radius 2 is 1.86 bits per heavy atom. The van der Waals surface area contributed by atoms with E-state index in [0.717, 1.165) is 18.1 Å². The summed E-state index contributed by atoms with van der Waals surface area (Å²) in [6.07, 6.45) is 9.92. The van der Waals surface area contributed by atoms with Crippen molar-refractivity contribution < 1.29 is 9.57 Å². The van der Waals surface area contributed by atoms with E-state index >= 15 is 0 Å². The van der Waals surface area contributed by atoms with Crippen molar-refractivity contribution in [1.82, 2.24) is 0 Å². The Labute approximate surface area is 134 Å². The number of benzene rings is 1. The summed E-state index contributed by atoms with van der Waals surface area (Å²) in [5.41, 5.74) is 3.72. The second kappa shape index (κ2) is 8.96. The molecule has 0 atom stereocenters. The molecule has 1 saturated carbocycles. The number of hydrogen-bond acceptors (Lipinski definition) is 3. The van der Waals surface area contributed by atoms with E-state index in [1.54, 1.807) is 0 Å². The fourth-order valence-electron chi connectivity index (χ4n) is 3.34. The molecule has 0 amide bonds. The highest BCUT2D eigenvalue weighted by Crippen LogP contribution is 2.28. The lowest BCUT2D eigenvalue weighted by Crippen LogP contribution is -2.07. The molecule has 2 rings (SSSR count). The topological polar surface area (TPSA) is 44.5 Å². The van der Waals surface area contributed by atoms with Gasteiger partial charge >= 0.3 is 0 Å². The lowest BCUT2D eigenvalue weighted by molar-refractivity contribution is 0.0879. The molecule has 1 fully saturated rings. The van der Waals surface area contributed by atoms with Crippen LogP contribution in [0.25, 0.3) is 0 Å². The van der Waals surface area contributed by atoms with Crippen LogP contribution in [0.4, 0.5) is 0 Å². The molecule has 122 valence electrons. The fraction of sp³-hybridized carbons (Fsp3) is 0.579. The van der Waals surface area contributed by atoms with Crippen molar-refractivity contribution in [2.45, 2.75) is 59.0 Å². The highest BCUT2D eigenvalue weighted by molar-refractivity contribution is 5.28. The standard InChI is InChI=1S/C19H29NO2/c1-15-10-16(2)12-18(11-15)13-21-14-19(22-20)9-5-8-17-6-3-4-7-17/h9-12,17H,3-8,13-14,20H2,1-2H3/b19-9-. The van der Waals surface area contributed by atoms with Gasteiger partial charge in [-0.3, -0.25) is 0 Å². The van der Waals surface area contributed by atoms with Crippen molar-refractivity contribution in [2.24, 2.45) is 11.8 Å². The van der Waals surface area contributed by atoms with Crippen LogP contribution in [0.3, 0.4) is 0 Å². The number of allylic oxidation sites excluding steroid dienone is 1. The van der Waals surface area contributed by atoms with Gasteiger partial charge < -0.3 is 9.57 Å². The van der Waals surface area contributed by atoms with Gasteiger partial charge in [0.1, 0.15) is 12.4 Å². The van der Waals surface area contributed by atoms with Gasteiger partial charge in [0.25, 0.3) is 0 Å². The summed E-state index contributed by atoms with van der Waals surface area (Å²) in [7, 11) is 0. The van der Waals surface area contributed by atoms with Crippen molar-refractivity contribution in [3.63, 3.8) is 0 Å². The highest BCUT2D eigenvalue weighted by Gasteiger charge is 2.13. The first-order chi connectivity index (χ1) is 10.7. The van der Waals surface area contributed by atoms with Crippen LogP contribution in [-0.2, 0) is 16.2 Å². The molecule has 0 saturated heterocycles.